The SMILES string of the molecule is CCN(C(C)COC)S(=O)(=O)N(C)CCCN. The number of rotatable bonds is 9. The summed E-state index contributed by atoms with van der Waals surface area (Å²) >= 11 is 0. The van der Waals surface area contributed by atoms with Crippen molar-refractivity contribution in [3.63, 3.8) is 0 Å². The second-order valence-electron chi connectivity index (χ2n) is 3.98. The van der Waals surface area contributed by atoms with Crippen LogP contribution < -0.4 is 5.73 Å². The molecule has 0 spiro atoms. The van der Waals surface area contributed by atoms with Gasteiger partial charge in [-0.2, -0.15) is 17.0 Å². The van der Waals surface area contributed by atoms with Crippen molar-refractivity contribution in [1.82, 2.24) is 8.61 Å². The zero-order valence-electron chi connectivity index (χ0n) is 11.2. The Morgan fingerprint density at radius 1 is 1.41 bits per heavy atom. The van der Waals surface area contributed by atoms with E-state index in [1.54, 1.807) is 14.2 Å². The van der Waals surface area contributed by atoms with Gasteiger partial charge < -0.3 is 10.5 Å². The summed E-state index contributed by atoms with van der Waals surface area (Å²) in [4.78, 5) is 0. The van der Waals surface area contributed by atoms with Gasteiger partial charge in [0.25, 0.3) is 10.2 Å². The molecule has 6 nitrogen and oxygen atoms in total. The Kier molecular flexibility index (Phi) is 7.89. The summed E-state index contributed by atoms with van der Waals surface area (Å²) in [6, 6.07) is -0.171. The van der Waals surface area contributed by atoms with E-state index in [0.29, 0.717) is 32.7 Å². The highest BCUT2D eigenvalue weighted by atomic mass is 32.2. The Morgan fingerprint density at radius 2 is 2.00 bits per heavy atom. The third kappa shape index (κ3) is 4.89. The molecule has 0 saturated carbocycles. The van der Waals surface area contributed by atoms with Crippen molar-refractivity contribution in [2.75, 3.05) is 40.4 Å². The van der Waals surface area contributed by atoms with Crippen LogP contribution in [0.5, 0.6) is 0 Å². The molecule has 104 valence electrons. The van der Waals surface area contributed by atoms with Gasteiger partial charge in [-0.05, 0) is 19.9 Å². The van der Waals surface area contributed by atoms with Crippen LogP contribution >= 0.6 is 0 Å². The number of likely N-dealkylation sites (N-methyl/N-ethyl adjacent to an activating group) is 1. The average Bonchev–Trinajstić information content (AvgIpc) is 2.26. The second kappa shape index (κ2) is 7.99. The van der Waals surface area contributed by atoms with Crippen LogP contribution in [0.4, 0.5) is 0 Å². The van der Waals surface area contributed by atoms with Crippen LogP contribution in [-0.2, 0) is 14.9 Å². The molecule has 0 radical (unpaired) electrons. The molecule has 0 aliphatic carbocycles. The molecule has 0 amide bonds. The number of methoxy groups -OCH3 is 1. The first-order chi connectivity index (χ1) is 7.91. The minimum absolute atomic E-state index is 0.171. The van der Waals surface area contributed by atoms with Crippen LogP contribution in [0.15, 0.2) is 0 Å². The normalized spacial score (nSPS) is 14.5. The van der Waals surface area contributed by atoms with Crippen molar-refractivity contribution in [2.24, 2.45) is 5.73 Å². The number of hydrogen-bond acceptors (Lipinski definition) is 4. The maximum atomic E-state index is 12.2. The van der Waals surface area contributed by atoms with Crippen LogP contribution in [0.1, 0.15) is 20.3 Å². The first-order valence-electron chi connectivity index (χ1n) is 5.83. The quantitative estimate of drug-likeness (QED) is 0.631. The Morgan fingerprint density at radius 3 is 2.41 bits per heavy atom. The van der Waals surface area contributed by atoms with Gasteiger partial charge in [0, 0.05) is 33.3 Å². The van der Waals surface area contributed by atoms with E-state index >= 15 is 0 Å². The lowest BCUT2D eigenvalue weighted by Gasteiger charge is -2.30. The van der Waals surface area contributed by atoms with E-state index in [1.807, 2.05) is 13.8 Å². The highest BCUT2D eigenvalue weighted by Crippen LogP contribution is 2.11. The van der Waals surface area contributed by atoms with E-state index in [1.165, 1.54) is 8.61 Å². The van der Waals surface area contributed by atoms with Gasteiger partial charge in [0.15, 0.2) is 0 Å². The fourth-order valence-electron chi connectivity index (χ4n) is 1.63. The summed E-state index contributed by atoms with van der Waals surface area (Å²) in [7, 11) is -0.273. The predicted molar refractivity (Wildman–Crippen MR) is 68.9 cm³/mol. The van der Waals surface area contributed by atoms with Crippen LogP contribution in [0.25, 0.3) is 0 Å². The summed E-state index contributed by atoms with van der Waals surface area (Å²) in [5.74, 6) is 0. The van der Waals surface area contributed by atoms with Crippen molar-refractivity contribution in [3.8, 4) is 0 Å². The topological polar surface area (TPSA) is 75.9 Å². The molecule has 0 saturated heterocycles. The van der Waals surface area contributed by atoms with Gasteiger partial charge in [0.1, 0.15) is 0 Å². The van der Waals surface area contributed by atoms with Gasteiger partial charge in [-0.3, -0.25) is 0 Å². The zero-order chi connectivity index (χ0) is 13.5. The fraction of sp³-hybridized carbons (Fsp3) is 1.00. The third-order valence-electron chi connectivity index (χ3n) is 2.58. The fourth-order valence-corrected chi connectivity index (χ4v) is 3.19. The highest BCUT2D eigenvalue weighted by Gasteiger charge is 2.29. The molecule has 0 aliphatic rings. The Balaban J connectivity index is 4.73. The van der Waals surface area contributed by atoms with Gasteiger partial charge in [-0.1, -0.05) is 6.92 Å². The van der Waals surface area contributed by atoms with Crippen molar-refractivity contribution in [3.05, 3.63) is 0 Å². The molecular weight excluding hydrogens is 242 g/mol. The Bertz CT molecular complexity index is 295. The summed E-state index contributed by atoms with van der Waals surface area (Å²) in [6.45, 7) is 5.40. The number of hydrogen-bond donors (Lipinski definition) is 1. The summed E-state index contributed by atoms with van der Waals surface area (Å²) in [5, 5.41) is 0. The Labute approximate surface area is 105 Å². The molecule has 0 fully saturated rings. The average molecular weight is 267 g/mol. The van der Waals surface area contributed by atoms with Crippen LogP contribution in [0, 0.1) is 0 Å². The summed E-state index contributed by atoms with van der Waals surface area (Å²) < 4.78 is 32.3. The van der Waals surface area contributed by atoms with Crippen LogP contribution in [0.3, 0.4) is 0 Å². The predicted octanol–water partition coefficient (Wildman–Crippen LogP) is -0.131. The number of nitrogens with zero attached hydrogens (tertiary/aromatic N) is 2. The van der Waals surface area contributed by atoms with Gasteiger partial charge in [-0.25, -0.2) is 0 Å². The van der Waals surface area contributed by atoms with Crippen molar-refractivity contribution in [1.29, 1.82) is 0 Å². The standard InChI is InChI=1S/C10H25N3O3S/c1-5-13(10(2)9-16-4)17(14,15)12(3)8-6-7-11/h10H,5-9,11H2,1-4H3. The number of ether oxygens (including phenoxy) is 1. The van der Waals surface area contributed by atoms with Gasteiger partial charge in [0.05, 0.1) is 6.61 Å². The first kappa shape index (κ1) is 16.8. The van der Waals surface area contributed by atoms with Crippen molar-refractivity contribution in [2.45, 2.75) is 26.3 Å². The van der Waals surface area contributed by atoms with Crippen molar-refractivity contribution < 1.29 is 13.2 Å². The van der Waals surface area contributed by atoms with Crippen LogP contribution in [0.2, 0.25) is 0 Å². The minimum Gasteiger partial charge on any atom is -0.383 e. The molecular formula is C10H25N3O3S. The largest absolute Gasteiger partial charge is 0.383 e. The minimum atomic E-state index is -3.41. The van der Waals surface area contributed by atoms with E-state index < -0.39 is 10.2 Å². The van der Waals surface area contributed by atoms with Gasteiger partial charge >= 0.3 is 0 Å². The molecule has 1 unspecified atom stereocenters. The molecule has 0 rings (SSSR count). The first-order valence-corrected chi connectivity index (χ1v) is 7.23. The van der Waals surface area contributed by atoms with E-state index in [9.17, 15) is 8.42 Å². The molecule has 0 heterocycles. The summed E-state index contributed by atoms with van der Waals surface area (Å²) in [5.41, 5.74) is 5.38. The molecule has 0 bridgehead atoms. The Hall–Kier alpha value is -0.210. The lowest BCUT2D eigenvalue weighted by Crippen LogP contribution is -2.48. The van der Waals surface area contributed by atoms with E-state index in [0.717, 1.165) is 0 Å². The molecule has 0 aromatic heterocycles. The number of nitrogens with two attached hydrogens (primary N) is 1. The van der Waals surface area contributed by atoms with E-state index in [2.05, 4.69) is 0 Å². The maximum Gasteiger partial charge on any atom is 0.282 e. The molecule has 2 N–H and O–H groups in total. The van der Waals surface area contributed by atoms with Crippen LogP contribution in [-0.4, -0.2) is 63.5 Å². The molecule has 1 atom stereocenters. The monoisotopic (exact) mass is 267 g/mol. The second-order valence-corrected chi connectivity index (χ2v) is 5.97. The molecule has 0 aromatic rings. The van der Waals surface area contributed by atoms with Crippen molar-refractivity contribution >= 4 is 10.2 Å². The molecule has 0 aliphatic heterocycles. The molecule has 0 aromatic carbocycles. The molecule has 7 heteroatoms. The van der Waals surface area contributed by atoms with E-state index in [4.69, 9.17) is 10.5 Å². The van der Waals surface area contributed by atoms with E-state index in [-0.39, 0.29) is 6.04 Å². The molecule has 17 heavy (non-hydrogen) atoms. The van der Waals surface area contributed by atoms with Gasteiger partial charge in [-0.15, -0.1) is 0 Å². The third-order valence-corrected chi connectivity index (χ3v) is 4.76. The lowest BCUT2D eigenvalue weighted by atomic mass is 10.4. The highest BCUT2D eigenvalue weighted by molar-refractivity contribution is 7.86. The maximum absolute atomic E-state index is 12.2. The zero-order valence-corrected chi connectivity index (χ0v) is 12.0. The van der Waals surface area contributed by atoms with Gasteiger partial charge in [0.2, 0.25) is 0 Å². The summed E-state index contributed by atoms with van der Waals surface area (Å²) in [6.07, 6.45) is 0.659. The lowest BCUT2D eigenvalue weighted by molar-refractivity contribution is 0.139. The smallest absolute Gasteiger partial charge is 0.282 e.